The van der Waals surface area contributed by atoms with E-state index in [1.54, 1.807) is 12.1 Å². The third-order valence-corrected chi connectivity index (χ3v) is 4.24. The first kappa shape index (κ1) is 13.3. The molecule has 1 heterocycles. The van der Waals surface area contributed by atoms with Crippen LogP contribution >= 0.6 is 0 Å². The first-order chi connectivity index (χ1) is 9.72. The second-order valence-electron chi connectivity index (χ2n) is 4.64. The van der Waals surface area contributed by atoms with Crippen molar-refractivity contribution in [1.29, 1.82) is 0 Å². The maximum absolute atomic E-state index is 12.1. The molecule has 2 atom stereocenters. The molecule has 0 aliphatic carbocycles. The molecule has 3 rings (SSSR count). The molecule has 2 aromatic carbocycles. The molecule has 0 N–H and O–H groups in total. The molecule has 4 nitrogen and oxygen atoms in total. The van der Waals surface area contributed by atoms with Gasteiger partial charge in [-0.15, -0.1) is 0 Å². The fraction of sp³-hybridized carbons (Fsp3) is 0.267. The van der Waals surface area contributed by atoms with E-state index in [1.807, 2.05) is 30.3 Å². The molecular weight excluding hydrogens is 276 g/mol. The minimum absolute atomic E-state index is 0.445. The molecule has 1 aliphatic rings. The number of carbonyl (C=O) groups excluding carboxylic acids is 1. The molecular formula is C15H14O4S. The Balaban J connectivity index is 1.76. The van der Waals surface area contributed by atoms with E-state index >= 15 is 0 Å². The van der Waals surface area contributed by atoms with Gasteiger partial charge in [0, 0.05) is 12.2 Å². The Morgan fingerprint density at radius 3 is 2.80 bits per heavy atom. The van der Waals surface area contributed by atoms with Crippen LogP contribution in [0, 0.1) is 0 Å². The van der Waals surface area contributed by atoms with Crippen molar-refractivity contribution in [1.82, 2.24) is 0 Å². The average molecular weight is 290 g/mol. The van der Waals surface area contributed by atoms with Crippen LogP contribution in [-0.2, 0) is 20.0 Å². The van der Waals surface area contributed by atoms with E-state index in [1.165, 1.54) is 0 Å². The van der Waals surface area contributed by atoms with Gasteiger partial charge in [0.15, 0.2) is 11.1 Å². The van der Waals surface area contributed by atoms with E-state index in [2.05, 4.69) is 0 Å². The van der Waals surface area contributed by atoms with Gasteiger partial charge in [-0.2, -0.15) is 0 Å². The zero-order chi connectivity index (χ0) is 13.9. The topological polar surface area (TPSA) is 52.6 Å². The van der Waals surface area contributed by atoms with Crippen molar-refractivity contribution in [3.63, 3.8) is 0 Å². The Labute approximate surface area is 119 Å². The second kappa shape index (κ2) is 5.73. The zero-order valence-corrected chi connectivity index (χ0v) is 11.6. The van der Waals surface area contributed by atoms with Crippen molar-refractivity contribution in [2.24, 2.45) is 0 Å². The first-order valence-corrected chi connectivity index (χ1v) is 7.72. The lowest BCUT2D eigenvalue weighted by Crippen LogP contribution is -2.27. The van der Waals surface area contributed by atoms with E-state index in [0.29, 0.717) is 17.7 Å². The van der Waals surface area contributed by atoms with E-state index in [-0.39, 0.29) is 0 Å². The standard InChI is InChI=1S/C15H14O4S/c16-15(18-14-6-3-9-20(17)19-14)13-8-7-11-4-1-2-5-12(11)10-13/h1-2,4-5,7-8,10,14H,3,6,9H2/t14-,20+/m1/s1. The number of fused-ring (bicyclic) bond motifs is 1. The molecule has 0 amide bonds. The number of rotatable bonds is 2. The Kier molecular flexibility index (Phi) is 3.80. The summed E-state index contributed by atoms with van der Waals surface area (Å²) in [5.41, 5.74) is 0.476. The van der Waals surface area contributed by atoms with E-state index in [4.69, 9.17) is 8.92 Å². The third kappa shape index (κ3) is 2.89. The zero-order valence-electron chi connectivity index (χ0n) is 10.8. The van der Waals surface area contributed by atoms with Crippen LogP contribution in [0.25, 0.3) is 10.8 Å². The summed E-state index contributed by atoms with van der Waals surface area (Å²) < 4.78 is 21.6. The highest BCUT2D eigenvalue weighted by molar-refractivity contribution is 7.80. The number of ether oxygens (including phenoxy) is 1. The summed E-state index contributed by atoms with van der Waals surface area (Å²) in [7, 11) is 0. The summed E-state index contributed by atoms with van der Waals surface area (Å²) in [6, 6.07) is 13.2. The van der Waals surface area contributed by atoms with Gasteiger partial charge in [-0.25, -0.2) is 13.2 Å². The van der Waals surface area contributed by atoms with Crippen LogP contribution in [0.4, 0.5) is 0 Å². The lowest BCUT2D eigenvalue weighted by molar-refractivity contribution is -0.0502. The van der Waals surface area contributed by atoms with Gasteiger partial charge in [0.25, 0.3) is 0 Å². The van der Waals surface area contributed by atoms with E-state index in [9.17, 15) is 9.00 Å². The minimum atomic E-state index is -1.34. The summed E-state index contributed by atoms with van der Waals surface area (Å²) in [6.45, 7) is 0. The molecule has 1 saturated heterocycles. The fourth-order valence-corrected chi connectivity index (χ4v) is 3.04. The van der Waals surface area contributed by atoms with Crippen molar-refractivity contribution in [2.45, 2.75) is 19.1 Å². The van der Waals surface area contributed by atoms with Crippen molar-refractivity contribution in [2.75, 3.05) is 5.75 Å². The highest BCUT2D eigenvalue weighted by Crippen LogP contribution is 2.19. The predicted molar refractivity (Wildman–Crippen MR) is 76.5 cm³/mol. The summed E-state index contributed by atoms with van der Waals surface area (Å²) in [6.07, 6.45) is 0.622. The predicted octanol–water partition coefficient (Wildman–Crippen LogP) is 2.80. The minimum Gasteiger partial charge on any atom is -0.431 e. The molecule has 0 saturated carbocycles. The molecule has 0 bridgehead atoms. The van der Waals surface area contributed by atoms with Crippen LogP contribution in [0.15, 0.2) is 42.5 Å². The van der Waals surface area contributed by atoms with Gasteiger partial charge in [0.1, 0.15) is 0 Å². The van der Waals surface area contributed by atoms with Crippen molar-refractivity contribution >= 4 is 27.8 Å². The molecule has 0 aromatic heterocycles. The molecule has 0 spiro atoms. The number of carbonyl (C=O) groups is 1. The highest BCUT2D eigenvalue weighted by atomic mass is 32.2. The van der Waals surface area contributed by atoms with Crippen molar-refractivity contribution in [3.8, 4) is 0 Å². The Bertz CT molecular complexity index is 668. The van der Waals surface area contributed by atoms with E-state index in [0.717, 1.165) is 17.2 Å². The Morgan fingerprint density at radius 1 is 1.20 bits per heavy atom. The third-order valence-electron chi connectivity index (χ3n) is 3.19. The number of hydrogen-bond acceptors (Lipinski definition) is 4. The van der Waals surface area contributed by atoms with E-state index < -0.39 is 23.3 Å². The quantitative estimate of drug-likeness (QED) is 0.798. The monoisotopic (exact) mass is 290 g/mol. The van der Waals surface area contributed by atoms with Gasteiger partial charge in [0.05, 0.1) is 5.56 Å². The SMILES string of the molecule is O=C(O[C@H]1CCC[S@@](=O)O1)c1ccc2ccccc2c1. The molecule has 0 unspecified atom stereocenters. The molecule has 104 valence electrons. The molecule has 20 heavy (non-hydrogen) atoms. The maximum atomic E-state index is 12.1. The normalized spacial score (nSPS) is 22.6. The van der Waals surface area contributed by atoms with Gasteiger partial charge in [-0.05, 0) is 29.3 Å². The summed E-state index contributed by atoms with van der Waals surface area (Å²) >= 11 is -1.34. The van der Waals surface area contributed by atoms with Crippen LogP contribution in [0.3, 0.4) is 0 Å². The van der Waals surface area contributed by atoms with Crippen LogP contribution in [-0.4, -0.2) is 22.2 Å². The van der Waals surface area contributed by atoms with Gasteiger partial charge < -0.3 is 4.74 Å². The summed E-state index contributed by atoms with van der Waals surface area (Å²) in [5.74, 6) is 0.0592. The fourth-order valence-electron chi connectivity index (χ4n) is 2.17. The lowest BCUT2D eigenvalue weighted by Gasteiger charge is -2.21. The van der Waals surface area contributed by atoms with Gasteiger partial charge in [-0.1, -0.05) is 30.3 Å². The molecule has 1 fully saturated rings. The Hall–Kier alpha value is -1.72. The van der Waals surface area contributed by atoms with Crippen LogP contribution in [0.2, 0.25) is 0 Å². The molecule has 5 heteroatoms. The smallest absolute Gasteiger partial charge is 0.340 e. The maximum Gasteiger partial charge on any atom is 0.340 e. The van der Waals surface area contributed by atoms with Crippen LogP contribution in [0.5, 0.6) is 0 Å². The highest BCUT2D eigenvalue weighted by Gasteiger charge is 2.23. The van der Waals surface area contributed by atoms with Crippen molar-refractivity contribution in [3.05, 3.63) is 48.0 Å². The van der Waals surface area contributed by atoms with Crippen LogP contribution < -0.4 is 0 Å². The number of benzene rings is 2. The lowest BCUT2D eigenvalue weighted by atomic mass is 10.1. The van der Waals surface area contributed by atoms with Gasteiger partial charge >= 0.3 is 5.97 Å². The molecule has 1 aliphatic heterocycles. The largest absolute Gasteiger partial charge is 0.431 e. The first-order valence-electron chi connectivity index (χ1n) is 6.48. The number of esters is 1. The summed E-state index contributed by atoms with van der Waals surface area (Å²) in [4.78, 5) is 12.1. The average Bonchev–Trinajstić information content (AvgIpc) is 2.47. The second-order valence-corrected chi connectivity index (χ2v) is 5.85. The Morgan fingerprint density at radius 2 is 2.00 bits per heavy atom. The molecule has 2 aromatic rings. The molecule has 0 radical (unpaired) electrons. The van der Waals surface area contributed by atoms with Crippen LogP contribution in [0.1, 0.15) is 23.2 Å². The van der Waals surface area contributed by atoms with Crippen molar-refractivity contribution < 1.29 is 17.9 Å². The van der Waals surface area contributed by atoms with Gasteiger partial charge in [-0.3, -0.25) is 0 Å². The number of hydrogen-bond donors (Lipinski definition) is 0. The van der Waals surface area contributed by atoms with Gasteiger partial charge in [0.2, 0.25) is 6.29 Å². The summed E-state index contributed by atoms with van der Waals surface area (Å²) in [5, 5.41) is 2.05.